The maximum Gasteiger partial charge on any atom is 0.265 e. The van der Waals surface area contributed by atoms with Crippen LogP contribution in [0.3, 0.4) is 0 Å². The zero-order chi connectivity index (χ0) is 21.6. The van der Waals surface area contributed by atoms with Crippen molar-refractivity contribution < 1.29 is 9.53 Å². The van der Waals surface area contributed by atoms with Gasteiger partial charge in [-0.1, -0.05) is 25.1 Å². The fourth-order valence-electron chi connectivity index (χ4n) is 7.08. The van der Waals surface area contributed by atoms with E-state index in [2.05, 4.69) is 35.6 Å². The number of amides is 1. The summed E-state index contributed by atoms with van der Waals surface area (Å²) in [5.41, 5.74) is 5.04. The van der Waals surface area contributed by atoms with Crippen molar-refractivity contribution in [2.45, 2.75) is 77.2 Å². The molecular weight excluding hydrogens is 382 g/mol. The predicted molar refractivity (Wildman–Crippen MR) is 126 cm³/mol. The number of hydrogen-bond acceptors (Lipinski definition) is 2. The highest BCUT2D eigenvalue weighted by atomic mass is 16.5. The Bertz CT molecular complexity index is 906. The van der Waals surface area contributed by atoms with E-state index in [0.717, 1.165) is 40.3 Å². The predicted octanol–water partition coefficient (Wildman–Crippen LogP) is 6.57. The van der Waals surface area contributed by atoms with Crippen molar-refractivity contribution in [1.82, 2.24) is 0 Å². The number of nitrogens with one attached hydrogen (secondary N) is 1. The maximum absolute atomic E-state index is 12.9. The summed E-state index contributed by atoms with van der Waals surface area (Å²) in [6.07, 6.45) is 8.63. The van der Waals surface area contributed by atoms with Gasteiger partial charge >= 0.3 is 0 Å². The standard InChI is InChI=1S/C28H35NO2/c1-4-26(31-25-10-18(2)9-19(3)11-25)27(30)29-24-7-5-23(6-8-24)28-15-20-12-21(16-28)14-22(13-20)17-28/h5-11,20-22,26H,4,12-17H2,1-3H3,(H,29,30). The van der Waals surface area contributed by atoms with Crippen LogP contribution in [-0.4, -0.2) is 12.0 Å². The van der Waals surface area contributed by atoms with E-state index in [1.807, 2.05) is 32.9 Å². The van der Waals surface area contributed by atoms with E-state index >= 15 is 0 Å². The van der Waals surface area contributed by atoms with Gasteiger partial charge in [-0.3, -0.25) is 4.79 Å². The Labute approximate surface area is 186 Å². The fraction of sp³-hybridized carbons (Fsp3) is 0.536. The molecule has 4 aliphatic rings. The van der Waals surface area contributed by atoms with Crippen LogP contribution < -0.4 is 10.1 Å². The molecule has 0 saturated heterocycles. The highest BCUT2D eigenvalue weighted by Gasteiger charge is 2.51. The molecule has 0 radical (unpaired) electrons. The number of rotatable bonds is 6. The largest absolute Gasteiger partial charge is 0.481 e. The van der Waals surface area contributed by atoms with Gasteiger partial charge in [0.15, 0.2) is 6.10 Å². The molecule has 164 valence electrons. The molecule has 4 saturated carbocycles. The van der Waals surface area contributed by atoms with Crippen LogP contribution in [0.15, 0.2) is 42.5 Å². The number of ether oxygens (including phenoxy) is 1. The second-order valence-electron chi connectivity index (χ2n) is 10.6. The summed E-state index contributed by atoms with van der Waals surface area (Å²) in [4.78, 5) is 12.9. The minimum absolute atomic E-state index is 0.0794. The number of carbonyl (C=O) groups is 1. The van der Waals surface area contributed by atoms with Crippen molar-refractivity contribution >= 4 is 11.6 Å². The highest BCUT2D eigenvalue weighted by Crippen LogP contribution is 2.60. The van der Waals surface area contributed by atoms with E-state index in [4.69, 9.17) is 4.74 Å². The van der Waals surface area contributed by atoms with E-state index in [-0.39, 0.29) is 5.91 Å². The lowest BCUT2D eigenvalue weighted by Crippen LogP contribution is -2.48. The van der Waals surface area contributed by atoms with Crippen molar-refractivity contribution in [3.05, 3.63) is 59.2 Å². The smallest absolute Gasteiger partial charge is 0.265 e. The van der Waals surface area contributed by atoms with Gasteiger partial charge in [0.2, 0.25) is 0 Å². The number of carbonyl (C=O) groups excluding carboxylic acids is 1. The molecule has 4 bridgehead atoms. The molecule has 4 aliphatic carbocycles. The minimum atomic E-state index is -0.496. The first-order valence-electron chi connectivity index (χ1n) is 12.1. The normalized spacial score (nSPS) is 29.6. The SMILES string of the molecule is CCC(Oc1cc(C)cc(C)c1)C(=O)Nc1ccc(C23CC4CC(CC(C4)C2)C3)cc1. The van der Waals surface area contributed by atoms with E-state index in [1.165, 1.54) is 44.1 Å². The monoisotopic (exact) mass is 417 g/mol. The summed E-state index contributed by atoms with van der Waals surface area (Å²) >= 11 is 0. The summed E-state index contributed by atoms with van der Waals surface area (Å²) in [5, 5.41) is 3.08. The van der Waals surface area contributed by atoms with E-state index < -0.39 is 6.10 Å². The third-order valence-corrected chi connectivity index (χ3v) is 7.94. The molecule has 1 unspecified atom stereocenters. The Hall–Kier alpha value is -2.29. The van der Waals surface area contributed by atoms with Gasteiger partial charge in [0.1, 0.15) is 5.75 Å². The van der Waals surface area contributed by atoms with Gasteiger partial charge in [0, 0.05) is 5.69 Å². The van der Waals surface area contributed by atoms with E-state index in [1.54, 1.807) is 0 Å². The maximum atomic E-state index is 12.9. The summed E-state index contributed by atoms with van der Waals surface area (Å²) in [6, 6.07) is 14.8. The topological polar surface area (TPSA) is 38.3 Å². The molecule has 0 aliphatic heterocycles. The van der Waals surface area contributed by atoms with Crippen LogP contribution in [0, 0.1) is 31.6 Å². The quantitative estimate of drug-likeness (QED) is 0.577. The Morgan fingerprint density at radius 3 is 2.03 bits per heavy atom. The molecule has 2 aromatic carbocycles. The third-order valence-electron chi connectivity index (χ3n) is 7.94. The van der Waals surface area contributed by atoms with Crippen LogP contribution in [0.5, 0.6) is 5.75 Å². The van der Waals surface area contributed by atoms with Crippen molar-refractivity contribution in [2.24, 2.45) is 17.8 Å². The van der Waals surface area contributed by atoms with Crippen molar-refractivity contribution in [1.29, 1.82) is 0 Å². The van der Waals surface area contributed by atoms with Crippen LogP contribution in [0.2, 0.25) is 0 Å². The molecule has 0 aromatic heterocycles. The van der Waals surface area contributed by atoms with Crippen LogP contribution in [-0.2, 0) is 10.2 Å². The molecule has 3 nitrogen and oxygen atoms in total. The average molecular weight is 418 g/mol. The fourth-order valence-corrected chi connectivity index (χ4v) is 7.08. The van der Waals surface area contributed by atoms with Crippen LogP contribution in [0.4, 0.5) is 5.69 Å². The first kappa shape index (κ1) is 20.6. The van der Waals surface area contributed by atoms with Gasteiger partial charge in [-0.05, 0) is 123 Å². The molecule has 4 fully saturated rings. The third kappa shape index (κ3) is 4.12. The number of hydrogen-bond donors (Lipinski definition) is 1. The first-order chi connectivity index (χ1) is 14.9. The van der Waals surface area contributed by atoms with Crippen LogP contribution >= 0.6 is 0 Å². The Kier molecular flexibility index (Phi) is 5.32. The lowest BCUT2D eigenvalue weighted by Gasteiger charge is -2.57. The molecule has 2 aromatic rings. The Morgan fingerprint density at radius 2 is 1.52 bits per heavy atom. The van der Waals surface area contributed by atoms with Gasteiger partial charge in [0.25, 0.3) is 5.91 Å². The summed E-state index contributed by atoms with van der Waals surface area (Å²) < 4.78 is 6.04. The zero-order valence-electron chi connectivity index (χ0n) is 19.1. The summed E-state index contributed by atoms with van der Waals surface area (Å²) in [5.74, 6) is 3.51. The van der Waals surface area contributed by atoms with Gasteiger partial charge in [-0.15, -0.1) is 0 Å². The molecule has 1 N–H and O–H groups in total. The molecule has 1 atom stereocenters. The second kappa shape index (κ2) is 8.00. The molecule has 6 rings (SSSR count). The van der Waals surface area contributed by atoms with Gasteiger partial charge in [0.05, 0.1) is 0 Å². The van der Waals surface area contributed by atoms with Gasteiger partial charge in [-0.2, -0.15) is 0 Å². The van der Waals surface area contributed by atoms with E-state index in [0.29, 0.717) is 11.8 Å². The van der Waals surface area contributed by atoms with Crippen molar-refractivity contribution in [3.8, 4) is 5.75 Å². The number of anilines is 1. The molecule has 1 amide bonds. The van der Waals surface area contributed by atoms with Crippen molar-refractivity contribution in [3.63, 3.8) is 0 Å². The second-order valence-corrected chi connectivity index (χ2v) is 10.6. The van der Waals surface area contributed by atoms with E-state index in [9.17, 15) is 4.79 Å². The van der Waals surface area contributed by atoms with Gasteiger partial charge in [-0.25, -0.2) is 0 Å². The van der Waals surface area contributed by atoms with Crippen LogP contribution in [0.25, 0.3) is 0 Å². The summed E-state index contributed by atoms with van der Waals surface area (Å²) in [7, 11) is 0. The van der Waals surface area contributed by atoms with Crippen molar-refractivity contribution in [2.75, 3.05) is 5.32 Å². The Balaban J connectivity index is 1.26. The number of aryl methyl sites for hydroxylation is 2. The lowest BCUT2D eigenvalue weighted by atomic mass is 9.48. The first-order valence-corrected chi connectivity index (χ1v) is 12.1. The molecule has 31 heavy (non-hydrogen) atoms. The van der Waals surface area contributed by atoms with Gasteiger partial charge < -0.3 is 10.1 Å². The lowest BCUT2D eigenvalue weighted by molar-refractivity contribution is -0.122. The molecule has 0 heterocycles. The number of benzene rings is 2. The molecular formula is C28H35NO2. The van der Waals surface area contributed by atoms with Crippen LogP contribution in [0.1, 0.15) is 68.6 Å². The minimum Gasteiger partial charge on any atom is -0.481 e. The average Bonchev–Trinajstić information content (AvgIpc) is 2.70. The molecule has 0 spiro atoms. The summed E-state index contributed by atoms with van der Waals surface area (Å²) in [6.45, 7) is 6.08. The Morgan fingerprint density at radius 1 is 0.968 bits per heavy atom. The molecule has 3 heteroatoms. The highest BCUT2D eigenvalue weighted by molar-refractivity contribution is 5.94. The zero-order valence-corrected chi connectivity index (χ0v) is 19.1.